The molecule has 27 heavy (non-hydrogen) atoms. The number of halogens is 1. The molecule has 0 fully saturated rings. The number of aromatic hydroxyl groups is 1. The van der Waals surface area contributed by atoms with Crippen LogP contribution in [0.1, 0.15) is 5.56 Å². The summed E-state index contributed by atoms with van der Waals surface area (Å²) >= 11 is 0. The maximum atomic E-state index is 13.5. The van der Waals surface area contributed by atoms with Crippen molar-refractivity contribution in [2.45, 2.75) is 13.0 Å². The molecule has 7 heteroatoms. The summed E-state index contributed by atoms with van der Waals surface area (Å²) in [6, 6.07) is 13.0. The number of nitrogens with zero attached hydrogens (tertiary/aromatic N) is 4. The van der Waals surface area contributed by atoms with Crippen LogP contribution < -0.4 is 5.56 Å². The third kappa shape index (κ3) is 3.08. The lowest BCUT2D eigenvalue weighted by molar-refractivity contribution is 0.476. The number of para-hydroxylation sites is 1. The molecule has 0 amide bonds. The molecule has 0 saturated carbocycles. The van der Waals surface area contributed by atoms with Gasteiger partial charge in [0.1, 0.15) is 22.8 Å². The number of aryl methyl sites for hydroxylation is 2. The monoisotopic (exact) mass is 364 g/mol. The number of phenolic OH excluding ortho intramolecular Hbond substituents is 1. The average molecular weight is 364 g/mol. The molecule has 0 bridgehead atoms. The number of phenols is 1. The molecule has 2 aromatic heterocycles. The molecular weight excluding hydrogens is 347 g/mol. The van der Waals surface area contributed by atoms with Gasteiger partial charge in [-0.15, -0.1) is 0 Å². The van der Waals surface area contributed by atoms with Gasteiger partial charge in [-0.25, -0.2) is 9.37 Å². The summed E-state index contributed by atoms with van der Waals surface area (Å²) in [4.78, 5) is 17.6. The highest BCUT2D eigenvalue weighted by Crippen LogP contribution is 2.27. The van der Waals surface area contributed by atoms with E-state index in [0.29, 0.717) is 35.4 Å². The Hall–Kier alpha value is -3.48. The summed E-state index contributed by atoms with van der Waals surface area (Å²) in [5.41, 5.74) is 1.43. The van der Waals surface area contributed by atoms with E-state index in [1.165, 1.54) is 27.6 Å². The number of benzene rings is 2. The van der Waals surface area contributed by atoms with Crippen molar-refractivity contribution in [2.75, 3.05) is 0 Å². The summed E-state index contributed by atoms with van der Waals surface area (Å²) in [6.07, 6.45) is 1.93. The standard InChI is InChI=1S/C20H17FN4O2/c1-24-18-16(12-22-24)20(27)25(10-9-13-5-4-6-14(21)11-13)19(23-18)15-7-2-3-8-17(15)26/h2-8,11-12,26H,9-10H2,1H3. The molecule has 1 N–H and O–H groups in total. The van der Waals surface area contributed by atoms with Gasteiger partial charge >= 0.3 is 0 Å². The Morgan fingerprint density at radius 3 is 2.74 bits per heavy atom. The summed E-state index contributed by atoms with van der Waals surface area (Å²) in [6.45, 7) is 0.295. The summed E-state index contributed by atoms with van der Waals surface area (Å²) in [5, 5.41) is 14.8. The maximum absolute atomic E-state index is 13.5. The molecule has 6 nitrogen and oxygen atoms in total. The Bertz CT molecular complexity index is 1200. The molecule has 2 aromatic carbocycles. The fourth-order valence-corrected chi connectivity index (χ4v) is 3.13. The van der Waals surface area contributed by atoms with Crippen molar-refractivity contribution < 1.29 is 9.50 Å². The molecule has 0 aliphatic heterocycles. The van der Waals surface area contributed by atoms with Crippen molar-refractivity contribution in [2.24, 2.45) is 7.05 Å². The number of rotatable bonds is 4. The summed E-state index contributed by atoms with van der Waals surface area (Å²) in [5.74, 6) is 0.0673. The Kier molecular flexibility index (Phi) is 4.19. The van der Waals surface area contributed by atoms with Crippen molar-refractivity contribution in [3.63, 3.8) is 0 Å². The first kappa shape index (κ1) is 17.0. The van der Waals surface area contributed by atoms with E-state index in [9.17, 15) is 14.3 Å². The Balaban J connectivity index is 1.87. The van der Waals surface area contributed by atoms with Crippen LogP contribution >= 0.6 is 0 Å². The topological polar surface area (TPSA) is 72.9 Å². The van der Waals surface area contributed by atoms with E-state index in [-0.39, 0.29) is 17.1 Å². The van der Waals surface area contributed by atoms with E-state index in [1.54, 1.807) is 37.4 Å². The molecule has 0 radical (unpaired) electrons. The fourth-order valence-electron chi connectivity index (χ4n) is 3.13. The summed E-state index contributed by atoms with van der Waals surface area (Å²) < 4.78 is 16.5. The highest BCUT2D eigenvalue weighted by atomic mass is 19.1. The van der Waals surface area contributed by atoms with E-state index < -0.39 is 0 Å². The third-order valence-electron chi connectivity index (χ3n) is 4.51. The van der Waals surface area contributed by atoms with Gasteiger partial charge in [0.2, 0.25) is 0 Å². The molecule has 2 heterocycles. The van der Waals surface area contributed by atoms with Crippen LogP contribution in [0.2, 0.25) is 0 Å². The van der Waals surface area contributed by atoms with Gasteiger partial charge in [-0.2, -0.15) is 5.10 Å². The lowest BCUT2D eigenvalue weighted by Gasteiger charge is -2.14. The van der Waals surface area contributed by atoms with Crippen molar-refractivity contribution >= 4 is 11.0 Å². The Morgan fingerprint density at radius 1 is 1.15 bits per heavy atom. The zero-order valence-electron chi connectivity index (χ0n) is 14.6. The van der Waals surface area contributed by atoms with Crippen molar-refractivity contribution in [1.82, 2.24) is 19.3 Å². The first-order valence-electron chi connectivity index (χ1n) is 8.50. The molecule has 0 saturated heterocycles. The SMILES string of the molecule is Cn1ncc2c(=O)n(CCc3cccc(F)c3)c(-c3ccccc3O)nc21. The van der Waals surface area contributed by atoms with Gasteiger partial charge < -0.3 is 5.11 Å². The van der Waals surface area contributed by atoms with E-state index in [4.69, 9.17) is 0 Å². The van der Waals surface area contributed by atoms with Gasteiger partial charge in [-0.1, -0.05) is 24.3 Å². The fraction of sp³-hybridized carbons (Fsp3) is 0.150. The molecule has 136 valence electrons. The van der Waals surface area contributed by atoms with Gasteiger partial charge in [-0.05, 0) is 36.2 Å². The normalized spacial score (nSPS) is 11.2. The van der Waals surface area contributed by atoms with Gasteiger partial charge in [0.15, 0.2) is 5.65 Å². The number of aromatic nitrogens is 4. The van der Waals surface area contributed by atoms with E-state index in [0.717, 1.165) is 5.56 Å². The minimum absolute atomic E-state index is 0.0328. The van der Waals surface area contributed by atoms with Crippen LogP contribution in [0.3, 0.4) is 0 Å². The highest BCUT2D eigenvalue weighted by molar-refractivity contribution is 5.77. The van der Waals surface area contributed by atoms with Crippen LogP contribution in [0.5, 0.6) is 5.75 Å². The summed E-state index contributed by atoms with van der Waals surface area (Å²) in [7, 11) is 1.71. The molecule has 4 rings (SSSR count). The van der Waals surface area contributed by atoms with Crippen LogP contribution in [0.25, 0.3) is 22.4 Å². The van der Waals surface area contributed by atoms with Gasteiger partial charge in [0.25, 0.3) is 5.56 Å². The zero-order chi connectivity index (χ0) is 19.0. The predicted molar refractivity (Wildman–Crippen MR) is 100.0 cm³/mol. The van der Waals surface area contributed by atoms with Crippen LogP contribution in [0, 0.1) is 5.82 Å². The van der Waals surface area contributed by atoms with Crippen LogP contribution in [0.4, 0.5) is 4.39 Å². The quantitative estimate of drug-likeness (QED) is 0.604. The van der Waals surface area contributed by atoms with Gasteiger partial charge in [0.05, 0.1) is 11.8 Å². The maximum Gasteiger partial charge on any atom is 0.264 e. The number of hydrogen-bond donors (Lipinski definition) is 1. The lowest BCUT2D eigenvalue weighted by Crippen LogP contribution is -2.24. The van der Waals surface area contributed by atoms with Crippen molar-refractivity contribution in [1.29, 1.82) is 0 Å². The zero-order valence-corrected chi connectivity index (χ0v) is 14.6. The molecular formula is C20H17FN4O2. The van der Waals surface area contributed by atoms with E-state index in [2.05, 4.69) is 10.1 Å². The molecule has 0 aliphatic rings. The molecule has 0 aliphatic carbocycles. The van der Waals surface area contributed by atoms with Gasteiger partial charge in [0, 0.05) is 13.6 Å². The van der Waals surface area contributed by atoms with Crippen LogP contribution in [-0.4, -0.2) is 24.4 Å². The molecule has 0 spiro atoms. The molecule has 4 aromatic rings. The lowest BCUT2D eigenvalue weighted by atomic mass is 10.1. The Morgan fingerprint density at radius 2 is 1.96 bits per heavy atom. The minimum atomic E-state index is -0.318. The second-order valence-corrected chi connectivity index (χ2v) is 6.29. The van der Waals surface area contributed by atoms with Crippen molar-refractivity contribution in [3.05, 3.63) is 76.5 Å². The molecule has 0 atom stereocenters. The average Bonchev–Trinajstić information content (AvgIpc) is 3.03. The largest absolute Gasteiger partial charge is 0.507 e. The molecule has 0 unspecified atom stereocenters. The third-order valence-corrected chi connectivity index (χ3v) is 4.51. The highest BCUT2D eigenvalue weighted by Gasteiger charge is 2.17. The van der Waals surface area contributed by atoms with E-state index >= 15 is 0 Å². The Labute approximate surface area is 154 Å². The van der Waals surface area contributed by atoms with Crippen LogP contribution in [-0.2, 0) is 20.0 Å². The number of fused-ring (bicyclic) bond motifs is 1. The van der Waals surface area contributed by atoms with Gasteiger partial charge in [-0.3, -0.25) is 14.0 Å². The van der Waals surface area contributed by atoms with Crippen LogP contribution in [0.15, 0.2) is 59.5 Å². The van der Waals surface area contributed by atoms with Crippen molar-refractivity contribution in [3.8, 4) is 17.1 Å². The second kappa shape index (κ2) is 6.68. The predicted octanol–water partition coefficient (Wildman–Crippen LogP) is 2.88. The van der Waals surface area contributed by atoms with E-state index in [1.807, 2.05) is 6.07 Å². The number of hydrogen-bond acceptors (Lipinski definition) is 4. The minimum Gasteiger partial charge on any atom is -0.507 e. The smallest absolute Gasteiger partial charge is 0.264 e. The first-order chi connectivity index (χ1) is 13.0. The second-order valence-electron chi connectivity index (χ2n) is 6.29. The first-order valence-corrected chi connectivity index (χ1v) is 8.50.